The molecule has 2 aromatic carbocycles. The third-order valence-electron chi connectivity index (χ3n) is 5.04. The summed E-state index contributed by atoms with van der Waals surface area (Å²) in [5.74, 6) is -1.02. The number of hydrogen-bond acceptors (Lipinski definition) is 7. The second kappa shape index (κ2) is 9.40. The number of nitrogens with one attached hydrogen (secondary N) is 1. The Morgan fingerprint density at radius 2 is 1.72 bits per heavy atom. The quantitative estimate of drug-likeness (QED) is 0.331. The van der Waals surface area contributed by atoms with E-state index in [4.69, 9.17) is 9.15 Å². The highest BCUT2D eigenvalue weighted by molar-refractivity contribution is 6.22. The van der Waals surface area contributed by atoms with Gasteiger partial charge in [0.15, 0.2) is 12.4 Å². The zero-order valence-electron chi connectivity index (χ0n) is 17.0. The summed E-state index contributed by atoms with van der Waals surface area (Å²) in [6, 6.07) is 17.3. The first-order valence-electron chi connectivity index (χ1n) is 10.0. The Labute approximate surface area is 183 Å². The van der Waals surface area contributed by atoms with Gasteiger partial charge in [-0.2, -0.15) is 0 Å². The topological polar surface area (TPSA) is 106 Å². The second-order valence-corrected chi connectivity index (χ2v) is 7.20. The van der Waals surface area contributed by atoms with Crippen LogP contribution in [-0.2, 0) is 20.9 Å². The summed E-state index contributed by atoms with van der Waals surface area (Å²) in [5, 5.41) is 3.02. The van der Waals surface area contributed by atoms with Crippen LogP contribution < -0.4 is 10.2 Å². The molecule has 2 amide bonds. The van der Waals surface area contributed by atoms with E-state index in [0.717, 1.165) is 4.90 Å². The van der Waals surface area contributed by atoms with Gasteiger partial charge in [0.05, 0.1) is 36.5 Å². The van der Waals surface area contributed by atoms with Crippen LogP contribution in [0.2, 0.25) is 0 Å². The van der Waals surface area contributed by atoms with Crippen molar-refractivity contribution in [3.63, 3.8) is 0 Å². The van der Waals surface area contributed by atoms with Gasteiger partial charge in [0.2, 0.25) is 5.91 Å². The molecule has 2 heterocycles. The van der Waals surface area contributed by atoms with Crippen molar-refractivity contribution in [2.75, 3.05) is 11.5 Å². The molecule has 1 atom stereocenters. The Bertz CT molecular complexity index is 1120. The number of nitrogens with zero attached hydrogens (tertiary/aromatic N) is 1. The van der Waals surface area contributed by atoms with E-state index in [0.29, 0.717) is 23.6 Å². The number of Topliss-reactive ketones (excluding diaryl/α,β-unsaturated/α-hetero) is 1. The van der Waals surface area contributed by atoms with Crippen molar-refractivity contribution in [2.24, 2.45) is 0 Å². The first-order chi connectivity index (χ1) is 15.5. The molecule has 3 aromatic rings. The van der Waals surface area contributed by atoms with Crippen LogP contribution >= 0.6 is 0 Å². The van der Waals surface area contributed by atoms with Gasteiger partial charge in [-0.15, -0.1) is 0 Å². The van der Waals surface area contributed by atoms with Crippen molar-refractivity contribution < 1.29 is 28.3 Å². The van der Waals surface area contributed by atoms with Crippen molar-refractivity contribution in [3.05, 3.63) is 89.9 Å². The molecule has 4 rings (SSSR count). The lowest BCUT2D eigenvalue weighted by atomic mass is 10.1. The zero-order chi connectivity index (χ0) is 22.5. The molecule has 32 heavy (non-hydrogen) atoms. The number of anilines is 1. The maximum Gasteiger partial charge on any atom is 0.338 e. The number of rotatable bonds is 8. The first kappa shape index (κ1) is 21.2. The molecular formula is C24H20N2O6. The van der Waals surface area contributed by atoms with Gasteiger partial charge >= 0.3 is 5.97 Å². The van der Waals surface area contributed by atoms with Gasteiger partial charge in [-0.25, -0.2) is 9.69 Å². The Morgan fingerprint density at radius 3 is 2.41 bits per heavy atom. The fraction of sp³-hybridized carbons (Fsp3) is 0.167. The van der Waals surface area contributed by atoms with Crippen LogP contribution in [0.4, 0.5) is 5.69 Å². The van der Waals surface area contributed by atoms with Crippen molar-refractivity contribution in [2.45, 2.75) is 19.0 Å². The number of furan rings is 1. The molecular weight excluding hydrogens is 412 g/mol. The van der Waals surface area contributed by atoms with Crippen LogP contribution in [0.5, 0.6) is 0 Å². The lowest BCUT2D eigenvalue weighted by Gasteiger charge is -2.15. The smallest absolute Gasteiger partial charge is 0.338 e. The van der Waals surface area contributed by atoms with Crippen LogP contribution in [-0.4, -0.2) is 36.2 Å². The standard InChI is InChI=1S/C24H20N2O6/c27-21(16-5-2-1-3-6-16)15-32-24(30)17-8-10-18(11-9-17)26-22(28)13-20(23(26)29)25-14-19-7-4-12-31-19/h1-12,20,25H,13-15H2. The average Bonchev–Trinajstić information content (AvgIpc) is 3.44. The molecule has 1 saturated heterocycles. The number of esters is 1. The van der Waals surface area contributed by atoms with Crippen LogP contribution in [0.3, 0.4) is 0 Å². The maximum absolute atomic E-state index is 12.7. The van der Waals surface area contributed by atoms with E-state index in [9.17, 15) is 19.2 Å². The fourth-order valence-electron chi connectivity index (χ4n) is 3.37. The van der Waals surface area contributed by atoms with Gasteiger partial charge in [-0.3, -0.25) is 19.7 Å². The van der Waals surface area contributed by atoms with Crippen LogP contribution in [0.1, 0.15) is 32.9 Å². The molecule has 1 unspecified atom stereocenters. The highest BCUT2D eigenvalue weighted by Crippen LogP contribution is 2.24. The summed E-state index contributed by atoms with van der Waals surface area (Å²) in [5.41, 5.74) is 1.03. The lowest BCUT2D eigenvalue weighted by molar-refractivity contribution is -0.121. The van der Waals surface area contributed by atoms with Crippen LogP contribution in [0.15, 0.2) is 77.4 Å². The molecule has 1 N–H and O–H groups in total. The van der Waals surface area contributed by atoms with Gasteiger partial charge in [0, 0.05) is 5.56 Å². The molecule has 0 bridgehead atoms. The Hall–Kier alpha value is -4.04. The fourth-order valence-corrected chi connectivity index (χ4v) is 3.37. The highest BCUT2D eigenvalue weighted by Gasteiger charge is 2.39. The Morgan fingerprint density at radius 1 is 0.969 bits per heavy atom. The number of ether oxygens (including phenoxy) is 1. The predicted molar refractivity (Wildman–Crippen MR) is 114 cm³/mol. The van der Waals surface area contributed by atoms with Gasteiger partial charge in [0.1, 0.15) is 5.76 Å². The monoisotopic (exact) mass is 432 g/mol. The summed E-state index contributed by atoms with van der Waals surface area (Å²) in [6.07, 6.45) is 1.57. The molecule has 162 valence electrons. The van der Waals surface area contributed by atoms with E-state index >= 15 is 0 Å². The van der Waals surface area contributed by atoms with E-state index in [1.54, 1.807) is 42.5 Å². The van der Waals surface area contributed by atoms with E-state index in [1.165, 1.54) is 30.5 Å². The summed E-state index contributed by atoms with van der Waals surface area (Å²) >= 11 is 0. The van der Waals surface area contributed by atoms with E-state index in [1.807, 2.05) is 0 Å². The van der Waals surface area contributed by atoms with E-state index in [-0.39, 0.29) is 36.2 Å². The first-order valence-corrected chi connectivity index (χ1v) is 10.0. The number of ketones is 1. The van der Waals surface area contributed by atoms with Gasteiger partial charge in [-0.1, -0.05) is 30.3 Å². The predicted octanol–water partition coefficient (Wildman–Crippen LogP) is 2.74. The van der Waals surface area contributed by atoms with E-state index in [2.05, 4.69) is 5.32 Å². The summed E-state index contributed by atoms with van der Waals surface area (Å²) in [4.78, 5) is 50.5. The zero-order valence-corrected chi connectivity index (χ0v) is 17.0. The summed E-state index contributed by atoms with van der Waals surface area (Å²) < 4.78 is 10.3. The Kier molecular flexibility index (Phi) is 6.23. The minimum atomic E-state index is -0.669. The van der Waals surface area contributed by atoms with E-state index < -0.39 is 12.0 Å². The molecule has 0 saturated carbocycles. The SMILES string of the molecule is O=C(COC(=O)c1ccc(N2C(=O)CC(NCc3ccco3)C2=O)cc1)c1ccccc1. The Balaban J connectivity index is 1.35. The number of carbonyl (C=O) groups excluding carboxylic acids is 4. The molecule has 8 heteroatoms. The van der Waals surface area contributed by atoms with Crippen molar-refractivity contribution in [1.82, 2.24) is 5.32 Å². The summed E-state index contributed by atoms with van der Waals surface area (Å²) in [7, 11) is 0. The van der Waals surface area contributed by atoms with Crippen molar-refractivity contribution >= 4 is 29.3 Å². The highest BCUT2D eigenvalue weighted by atomic mass is 16.5. The van der Waals surface area contributed by atoms with Gasteiger partial charge in [0.25, 0.3) is 5.91 Å². The van der Waals surface area contributed by atoms with Crippen molar-refractivity contribution in [3.8, 4) is 0 Å². The van der Waals surface area contributed by atoms with Gasteiger partial charge < -0.3 is 9.15 Å². The molecule has 0 radical (unpaired) electrons. The third kappa shape index (κ3) is 4.65. The number of carbonyl (C=O) groups is 4. The van der Waals surface area contributed by atoms with Crippen LogP contribution in [0.25, 0.3) is 0 Å². The van der Waals surface area contributed by atoms with Crippen LogP contribution in [0, 0.1) is 0 Å². The minimum Gasteiger partial charge on any atom is -0.468 e. The summed E-state index contributed by atoms with van der Waals surface area (Å²) in [6.45, 7) is -0.0479. The minimum absolute atomic E-state index is 0.0327. The third-order valence-corrected chi connectivity index (χ3v) is 5.04. The van der Waals surface area contributed by atoms with Crippen molar-refractivity contribution in [1.29, 1.82) is 0 Å². The number of hydrogen-bond donors (Lipinski definition) is 1. The number of imide groups is 1. The lowest BCUT2D eigenvalue weighted by Crippen LogP contribution is -2.38. The molecule has 0 aliphatic carbocycles. The number of benzene rings is 2. The molecule has 8 nitrogen and oxygen atoms in total. The molecule has 1 fully saturated rings. The second-order valence-electron chi connectivity index (χ2n) is 7.20. The molecule has 0 spiro atoms. The molecule has 1 aromatic heterocycles. The molecule has 1 aliphatic rings. The normalized spacial score (nSPS) is 15.8. The molecule has 1 aliphatic heterocycles. The average molecular weight is 432 g/mol. The largest absolute Gasteiger partial charge is 0.468 e. The number of amides is 2. The van der Waals surface area contributed by atoms with Gasteiger partial charge in [-0.05, 0) is 36.4 Å². The maximum atomic E-state index is 12.7.